The van der Waals surface area contributed by atoms with Gasteiger partial charge < -0.3 is 19.5 Å². The monoisotopic (exact) mass is 267 g/mol. The zero-order chi connectivity index (χ0) is 14.3. The first-order valence-electron chi connectivity index (χ1n) is 6.09. The largest absolute Gasteiger partial charge is 0.496 e. The second-order valence-corrected chi connectivity index (χ2v) is 4.15. The molecule has 1 aromatic carbocycles. The van der Waals surface area contributed by atoms with Crippen molar-refractivity contribution in [3.05, 3.63) is 23.3 Å². The molecule has 0 aromatic heterocycles. The topological polar surface area (TPSA) is 56.8 Å². The number of aryl methyl sites for hydroxylation is 1. The lowest BCUT2D eigenvalue weighted by Crippen LogP contribution is -2.28. The van der Waals surface area contributed by atoms with Crippen molar-refractivity contribution < 1.29 is 19.0 Å². The fourth-order valence-corrected chi connectivity index (χ4v) is 1.78. The van der Waals surface area contributed by atoms with Crippen molar-refractivity contribution >= 4 is 5.91 Å². The van der Waals surface area contributed by atoms with Gasteiger partial charge in [-0.3, -0.25) is 4.79 Å². The highest BCUT2D eigenvalue weighted by atomic mass is 16.5. The molecule has 0 saturated heterocycles. The molecule has 0 atom stereocenters. The van der Waals surface area contributed by atoms with Crippen molar-refractivity contribution in [2.24, 2.45) is 0 Å². The molecule has 0 bridgehead atoms. The van der Waals surface area contributed by atoms with E-state index in [0.29, 0.717) is 18.9 Å². The van der Waals surface area contributed by atoms with Crippen LogP contribution in [0, 0.1) is 6.92 Å². The van der Waals surface area contributed by atoms with Gasteiger partial charge in [0.15, 0.2) is 0 Å². The second-order valence-electron chi connectivity index (χ2n) is 4.15. The Balaban J connectivity index is 2.78. The molecule has 0 heterocycles. The Morgan fingerprint density at radius 2 is 1.84 bits per heavy atom. The third-order valence-corrected chi connectivity index (χ3v) is 2.78. The van der Waals surface area contributed by atoms with Crippen molar-refractivity contribution in [3.63, 3.8) is 0 Å². The average Bonchev–Trinajstić information content (AvgIpc) is 2.40. The maximum Gasteiger partial charge on any atom is 0.224 e. The molecular formula is C14H21NO4. The number of rotatable bonds is 7. The molecule has 5 nitrogen and oxygen atoms in total. The number of amides is 1. The van der Waals surface area contributed by atoms with E-state index in [4.69, 9.17) is 14.2 Å². The lowest BCUT2D eigenvalue weighted by atomic mass is 10.1. The van der Waals surface area contributed by atoms with E-state index in [-0.39, 0.29) is 12.3 Å². The second kappa shape index (κ2) is 7.63. The molecule has 0 saturated carbocycles. The van der Waals surface area contributed by atoms with Crippen molar-refractivity contribution in [3.8, 4) is 11.5 Å². The first-order chi connectivity index (χ1) is 9.12. The van der Waals surface area contributed by atoms with E-state index in [9.17, 15) is 4.79 Å². The first kappa shape index (κ1) is 15.3. The van der Waals surface area contributed by atoms with Gasteiger partial charge in [0.25, 0.3) is 0 Å². The van der Waals surface area contributed by atoms with Gasteiger partial charge in [-0.15, -0.1) is 0 Å². The van der Waals surface area contributed by atoms with Crippen molar-refractivity contribution in [2.75, 3.05) is 34.5 Å². The summed E-state index contributed by atoms with van der Waals surface area (Å²) in [6, 6.07) is 3.71. The fraction of sp³-hybridized carbons (Fsp3) is 0.500. The van der Waals surface area contributed by atoms with Crippen LogP contribution in [0.15, 0.2) is 12.1 Å². The predicted molar refractivity (Wildman–Crippen MR) is 72.9 cm³/mol. The minimum Gasteiger partial charge on any atom is -0.496 e. The van der Waals surface area contributed by atoms with Gasteiger partial charge in [-0.25, -0.2) is 0 Å². The molecular weight excluding hydrogens is 246 g/mol. The minimum atomic E-state index is -0.0683. The Morgan fingerprint density at radius 3 is 2.42 bits per heavy atom. The van der Waals surface area contributed by atoms with E-state index < -0.39 is 0 Å². The molecule has 0 aliphatic carbocycles. The summed E-state index contributed by atoms with van der Waals surface area (Å²) in [7, 11) is 4.80. The van der Waals surface area contributed by atoms with Gasteiger partial charge in [0.1, 0.15) is 11.5 Å². The smallest absolute Gasteiger partial charge is 0.224 e. The first-order valence-corrected chi connectivity index (χ1v) is 6.09. The van der Waals surface area contributed by atoms with Crippen LogP contribution in [0.3, 0.4) is 0 Å². The van der Waals surface area contributed by atoms with E-state index in [1.165, 1.54) is 0 Å². The minimum absolute atomic E-state index is 0.0683. The van der Waals surface area contributed by atoms with Crippen LogP contribution < -0.4 is 14.8 Å². The number of ether oxygens (including phenoxy) is 3. The fourth-order valence-electron chi connectivity index (χ4n) is 1.78. The van der Waals surface area contributed by atoms with E-state index in [2.05, 4.69) is 5.32 Å². The highest BCUT2D eigenvalue weighted by molar-refractivity contribution is 5.79. The van der Waals surface area contributed by atoms with Gasteiger partial charge in [-0.2, -0.15) is 0 Å². The average molecular weight is 267 g/mol. The Hall–Kier alpha value is -1.75. The molecule has 0 unspecified atom stereocenters. The third kappa shape index (κ3) is 4.44. The molecule has 0 aliphatic heterocycles. The van der Waals surface area contributed by atoms with Crippen molar-refractivity contribution in [2.45, 2.75) is 13.3 Å². The number of hydrogen-bond donors (Lipinski definition) is 1. The van der Waals surface area contributed by atoms with Gasteiger partial charge in [0.2, 0.25) is 5.91 Å². The molecule has 1 aromatic rings. The SMILES string of the molecule is COCCNC(=O)Cc1cc(OC)c(C)cc1OC. The van der Waals surface area contributed by atoms with Gasteiger partial charge in [0.05, 0.1) is 27.2 Å². The van der Waals surface area contributed by atoms with E-state index >= 15 is 0 Å². The zero-order valence-corrected chi connectivity index (χ0v) is 11.9. The molecule has 1 rings (SSSR count). The van der Waals surface area contributed by atoms with Gasteiger partial charge in [0, 0.05) is 19.2 Å². The molecule has 0 spiro atoms. The van der Waals surface area contributed by atoms with Crippen LogP contribution in [-0.2, 0) is 16.0 Å². The zero-order valence-electron chi connectivity index (χ0n) is 11.9. The van der Waals surface area contributed by atoms with E-state index in [1.807, 2.05) is 19.1 Å². The summed E-state index contributed by atoms with van der Waals surface area (Å²) in [4.78, 5) is 11.8. The number of carbonyl (C=O) groups excluding carboxylic acids is 1. The van der Waals surface area contributed by atoms with E-state index in [1.54, 1.807) is 21.3 Å². The van der Waals surface area contributed by atoms with Crippen LogP contribution in [0.4, 0.5) is 0 Å². The Labute approximate surface area is 113 Å². The van der Waals surface area contributed by atoms with Crippen molar-refractivity contribution in [1.29, 1.82) is 0 Å². The summed E-state index contributed by atoms with van der Waals surface area (Å²) in [5.41, 5.74) is 1.78. The van der Waals surface area contributed by atoms with Crippen LogP contribution >= 0.6 is 0 Å². The lowest BCUT2D eigenvalue weighted by Gasteiger charge is -2.13. The molecule has 0 aliphatic rings. The van der Waals surface area contributed by atoms with Gasteiger partial charge in [-0.05, 0) is 24.6 Å². The summed E-state index contributed by atoms with van der Waals surface area (Å²) in [5.74, 6) is 1.38. The van der Waals surface area contributed by atoms with Gasteiger partial charge in [-0.1, -0.05) is 0 Å². The summed E-state index contributed by atoms with van der Waals surface area (Å²) >= 11 is 0. The standard InChI is InChI=1S/C14H21NO4/c1-10-7-13(19-4)11(8-12(10)18-3)9-14(16)15-5-6-17-2/h7-8H,5-6,9H2,1-4H3,(H,15,16). The number of carbonyl (C=O) groups is 1. The lowest BCUT2D eigenvalue weighted by molar-refractivity contribution is -0.120. The highest BCUT2D eigenvalue weighted by Gasteiger charge is 2.12. The summed E-state index contributed by atoms with van der Waals surface area (Å²) in [5, 5.41) is 2.78. The number of benzene rings is 1. The van der Waals surface area contributed by atoms with Crippen LogP contribution in [0.5, 0.6) is 11.5 Å². The third-order valence-electron chi connectivity index (χ3n) is 2.78. The molecule has 5 heteroatoms. The maximum absolute atomic E-state index is 11.8. The van der Waals surface area contributed by atoms with Crippen LogP contribution in [0.2, 0.25) is 0 Å². The molecule has 1 N–H and O–H groups in total. The van der Waals surface area contributed by atoms with Crippen LogP contribution in [0.1, 0.15) is 11.1 Å². The quantitative estimate of drug-likeness (QED) is 0.757. The molecule has 0 fully saturated rings. The summed E-state index contributed by atoms with van der Waals surface area (Å²) < 4.78 is 15.4. The summed E-state index contributed by atoms with van der Waals surface area (Å²) in [6.45, 7) is 2.94. The summed E-state index contributed by atoms with van der Waals surface area (Å²) in [6.07, 6.45) is 0.253. The highest BCUT2D eigenvalue weighted by Crippen LogP contribution is 2.28. The Kier molecular flexibility index (Phi) is 6.15. The van der Waals surface area contributed by atoms with Gasteiger partial charge >= 0.3 is 0 Å². The number of hydrogen-bond acceptors (Lipinski definition) is 4. The Bertz CT molecular complexity index is 432. The van der Waals surface area contributed by atoms with E-state index in [0.717, 1.165) is 16.9 Å². The predicted octanol–water partition coefficient (Wildman–Crippen LogP) is 1.32. The van der Waals surface area contributed by atoms with Crippen LogP contribution in [-0.4, -0.2) is 40.4 Å². The molecule has 106 valence electrons. The molecule has 19 heavy (non-hydrogen) atoms. The normalized spacial score (nSPS) is 10.1. The molecule has 1 amide bonds. The number of nitrogens with one attached hydrogen (secondary N) is 1. The molecule has 0 radical (unpaired) electrons. The van der Waals surface area contributed by atoms with Crippen molar-refractivity contribution in [1.82, 2.24) is 5.32 Å². The van der Waals surface area contributed by atoms with Crippen LogP contribution in [0.25, 0.3) is 0 Å². The Morgan fingerprint density at radius 1 is 1.16 bits per heavy atom. The number of methoxy groups -OCH3 is 3. The maximum atomic E-state index is 11.8.